The first-order valence-electron chi connectivity index (χ1n) is 8.91. The van der Waals surface area contributed by atoms with Crippen molar-refractivity contribution in [3.05, 3.63) is 72.3 Å². The molecule has 2 aromatic carbocycles. The number of hydrogen-bond donors (Lipinski definition) is 1. The summed E-state index contributed by atoms with van der Waals surface area (Å²) in [6, 6.07) is 18.1. The van der Waals surface area contributed by atoms with Crippen LogP contribution in [0, 0.1) is 0 Å². The second kappa shape index (κ2) is 8.26. The Bertz CT molecular complexity index is 1090. The number of fused-ring (bicyclic) bond motifs is 1. The van der Waals surface area contributed by atoms with E-state index in [2.05, 4.69) is 27.3 Å². The molecule has 2 aromatic heterocycles. The molecule has 0 fully saturated rings. The van der Waals surface area contributed by atoms with Gasteiger partial charge in [0.1, 0.15) is 0 Å². The van der Waals surface area contributed by atoms with Crippen LogP contribution in [-0.4, -0.2) is 41.1 Å². The molecule has 0 aliphatic heterocycles. The van der Waals surface area contributed by atoms with Gasteiger partial charge in [0, 0.05) is 6.54 Å². The standard InChI is InChI=1S/C20H19N5O2S/c26-19(27)13-28-20-23-22-18(25(20)11-10-15-6-2-1-3-7-15)12-24-14-21-16-8-4-5-9-17(16)24/h1-9,14H,10-13H2,(H,26,27). The van der Waals surface area contributed by atoms with Gasteiger partial charge in [0.2, 0.25) is 0 Å². The Morgan fingerprint density at radius 3 is 2.64 bits per heavy atom. The van der Waals surface area contributed by atoms with Gasteiger partial charge in [-0.05, 0) is 24.1 Å². The summed E-state index contributed by atoms with van der Waals surface area (Å²) in [6.45, 7) is 1.21. The van der Waals surface area contributed by atoms with Crippen LogP contribution in [0.15, 0.2) is 66.1 Å². The molecule has 4 rings (SSSR count). The van der Waals surface area contributed by atoms with Crippen molar-refractivity contribution in [2.45, 2.75) is 24.7 Å². The maximum absolute atomic E-state index is 11.0. The number of benzene rings is 2. The summed E-state index contributed by atoms with van der Waals surface area (Å²) in [6.07, 6.45) is 2.61. The molecular formula is C20H19N5O2S. The van der Waals surface area contributed by atoms with E-state index in [1.807, 2.05) is 51.6 Å². The minimum atomic E-state index is -0.871. The Morgan fingerprint density at radius 2 is 1.82 bits per heavy atom. The monoisotopic (exact) mass is 393 g/mol. The van der Waals surface area contributed by atoms with Crippen LogP contribution in [0.3, 0.4) is 0 Å². The van der Waals surface area contributed by atoms with Gasteiger partial charge >= 0.3 is 5.97 Å². The van der Waals surface area contributed by atoms with Gasteiger partial charge in [-0.1, -0.05) is 54.2 Å². The van der Waals surface area contributed by atoms with Crippen molar-refractivity contribution < 1.29 is 9.90 Å². The minimum Gasteiger partial charge on any atom is -0.481 e. The number of aromatic nitrogens is 5. The molecule has 0 saturated carbocycles. The van der Waals surface area contributed by atoms with Crippen molar-refractivity contribution in [1.82, 2.24) is 24.3 Å². The van der Waals surface area contributed by atoms with Crippen molar-refractivity contribution in [2.75, 3.05) is 5.75 Å². The van der Waals surface area contributed by atoms with Gasteiger partial charge in [0.15, 0.2) is 11.0 Å². The van der Waals surface area contributed by atoms with Gasteiger partial charge in [-0.25, -0.2) is 4.98 Å². The number of rotatable bonds is 8. The van der Waals surface area contributed by atoms with Gasteiger partial charge in [-0.3, -0.25) is 4.79 Å². The maximum Gasteiger partial charge on any atom is 0.313 e. The number of carboxylic acids is 1. The SMILES string of the molecule is O=C(O)CSc1nnc(Cn2cnc3ccccc32)n1CCc1ccccc1. The van der Waals surface area contributed by atoms with Crippen LogP contribution >= 0.6 is 11.8 Å². The lowest BCUT2D eigenvalue weighted by atomic mass is 10.1. The number of imidazole rings is 1. The molecule has 0 bridgehead atoms. The van der Waals surface area contributed by atoms with Crippen LogP contribution in [0.5, 0.6) is 0 Å². The highest BCUT2D eigenvalue weighted by Crippen LogP contribution is 2.20. The highest BCUT2D eigenvalue weighted by molar-refractivity contribution is 7.99. The van der Waals surface area contributed by atoms with Crippen LogP contribution in [-0.2, 0) is 24.3 Å². The van der Waals surface area contributed by atoms with E-state index >= 15 is 0 Å². The molecule has 0 aliphatic carbocycles. The second-order valence-electron chi connectivity index (χ2n) is 6.33. The molecule has 0 atom stereocenters. The van der Waals surface area contributed by atoms with Crippen molar-refractivity contribution in [3.8, 4) is 0 Å². The van der Waals surface area contributed by atoms with Crippen LogP contribution in [0.1, 0.15) is 11.4 Å². The Balaban J connectivity index is 1.61. The molecule has 0 radical (unpaired) electrons. The fourth-order valence-corrected chi connectivity index (χ4v) is 3.77. The van der Waals surface area contributed by atoms with Gasteiger partial charge < -0.3 is 14.2 Å². The van der Waals surface area contributed by atoms with Crippen molar-refractivity contribution in [1.29, 1.82) is 0 Å². The molecule has 0 spiro atoms. The summed E-state index contributed by atoms with van der Waals surface area (Å²) in [7, 11) is 0. The van der Waals surface area contributed by atoms with E-state index in [1.54, 1.807) is 6.33 Å². The van der Waals surface area contributed by atoms with Crippen molar-refractivity contribution in [2.24, 2.45) is 0 Å². The lowest BCUT2D eigenvalue weighted by Crippen LogP contribution is -2.11. The third-order valence-corrected chi connectivity index (χ3v) is 5.38. The largest absolute Gasteiger partial charge is 0.481 e. The quantitative estimate of drug-likeness (QED) is 0.463. The Kier molecular flexibility index (Phi) is 5.38. The van der Waals surface area contributed by atoms with Crippen molar-refractivity contribution in [3.63, 3.8) is 0 Å². The highest BCUT2D eigenvalue weighted by Gasteiger charge is 2.15. The Labute approximate surface area is 166 Å². The van der Waals surface area contributed by atoms with Crippen molar-refractivity contribution >= 4 is 28.8 Å². The van der Waals surface area contributed by atoms with Gasteiger partial charge in [-0.15, -0.1) is 10.2 Å². The number of aliphatic carboxylic acids is 1. The van der Waals surface area contributed by atoms with E-state index in [1.165, 1.54) is 17.3 Å². The number of carbonyl (C=O) groups is 1. The van der Waals surface area contributed by atoms with Crippen LogP contribution < -0.4 is 0 Å². The summed E-state index contributed by atoms with van der Waals surface area (Å²) < 4.78 is 4.04. The molecule has 8 heteroatoms. The fourth-order valence-electron chi connectivity index (χ4n) is 3.07. The minimum absolute atomic E-state index is 0.0442. The van der Waals surface area contributed by atoms with E-state index in [0.29, 0.717) is 18.2 Å². The van der Waals surface area contributed by atoms with E-state index in [9.17, 15) is 4.79 Å². The first-order chi connectivity index (χ1) is 13.7. The molecule has 28 heavy (non-hydrogen) atoms. The maximum atomic E-state index is 11.0. The number of nitrogens with zero attached hydrogens (tertiary/aromatic N) is 5. The zero-order valence-corrected chi connectivity index (χ0v) is 15.9. The molecule has 7 nitrogen and oxygen atoms in total. The Hall–Kier alpha value is -3.13. The first-order valence-corrected chi connectivity index (χ1v) is 9.90. The third kappa shape index (κ3) is 4.07. The zero-order chi connectivity index (χ0) is 19.3. The van der Waals surface area contributed by atoms with Crippen LogP contribution in [0.4, 0.5) is 0 Å². The summed E-state index contributed by atoms with van der Waals surface area (Å²) in [5.74, 6) is -0.131. The third-order valence-electron chi connectivity index (χ3n) is 4.42. The topological polar surface area (TPSA) is 85.8 Å². The highest BCUT2D eigenvalue weighted by atomic mass is 32.2. The first kappa shape index (κ1) is 18.2. The molecule has 0 amide bonds. The summed E-state index contributed by atoms with van der Waals surface area (Å²) >= 11 is 1.19. The second-order valence-corrected chi connectivity index (χ2v) is 7.27. The number of carboxylic acid groups (broad SMARTS) is 1. The molecule has 4 aromatic rings. The van der Waals surface area contributed by atoms with Gasteiger partial charge in [0.05, 0.1) is 29.7 Å². The molecule has 2 heterocycles. The molecule has 0 unspecified atom stereocenters. The van der Waals surface area contributed by atoms with Gasteiger partial charge in [0.25, 0.3) is 0 Å². The van der Waals surface area contributed by atoms with Crippen LogP contribution in [0.25, 0.3) is 11.0 Å². The number of hydrogen-bond acceptors (Lipinski definition) is 5. The van der Waals surface area contributed by atoms with E-state index in [0.717, 1.165) is 23.3 Å². The smallest absolute Gasteiger partial charge is 0.313 e. The zero-order valence-electron chi connectivity index (χ0n) is 15.1. The lowest BCUT2D eigenvalue weighted by Gasteiger charge is -2.11. The van der Waals surface area contributed by atoms with Crippen LogP contribution in [0.2, 0.25) is 0 Å². The fraction of sp³-hybridized carbons (Fsp3) is 0.200. The number of thioether (sulfide) groups is 1. The number of aryl methyl sites for hydroxylation is 1. The summed E-state index contributed by atoms with van der Waals surface area (Å²) in [5, 5.41) is 18.2. The molecule has 0 saturated heterocycles. The van der Waals surface area contributed by atoms with Gasteiger partial charge in [-0.2, -0.15) is 0 Å². The van der Waals surface area contributed by atoms with E-state index < -0.39 is 5.97 Å². The molecule has 0 aliphatic rings. The molecule has 142 valence electrons. The molecule has 1 N–H and O–H groups in total. The average Bonchev–Trinajstić information content (AvgIpc) is 3.30. The Morgan fingerprint density at radius 1 is 1.04 bits per heavy atom. The summed E-state index contributed by atoms with van der Waals surface area (Å²) in [5.41, 5.74) is 3.17. The van der Waals surface area contributed by atoms with E-state index in [4.69, 9.17) is 5.11 Å². The predicted octanol–water partition coefficient (Wildman–Crippen LogP) is 3.10. The number of para-hydroxylation sites is 2. The van der Waals surface area contributed by atoms with E-state index in [-0.39, 0.29) is 5.75 Å². The molecular weight excluding hydrogens is 374 g/mol. The normalized spacial score (nSPS) is 11.1. The average molecular weight is 393 g/mol. The predicted molar refractivity (Wildman–Crippen MR) is 107 cm³/mol. The lowest BCUT2D eigenvalue weighted by molar-refractivity contribution is -0.133. The summed E-state index contributed by atoms with van der Waals surface area (Å²) in [4.78, 5) is 15.4.